The lowest BCUT2D eigenvalue weighted by Crippen LogP contribution is -2.30. The molecule has 0 rings (SSSR count). The van der Waals surface area contributed by atoms with Crippen molar-refractivity contribution in [1.82, 2.24) is 0 Å². The fourth-order valence-corrected chi connectivity index (χ4v) is 7.66. The van der Waals surface area contributed by atoms with E-state index in [9.17, 15) is 9.59 Å². The van der Waals surface area contributed by atoms with Crippen LogP contribution in [0.25, 0.3) is 0 Å². The Morgan fingerprint density at radius 1 is 0.338 bits per heavy atom. The lowest BCUT2D eigenvalue weighted by Gasteiger charge is -2.18. The molecule has 1 unspecified atom stereocenters. The fraction of sp³-hybridized carbons (Fsp3) is 0.683. The highest BCUT2D eigenvalue weighted by atomic mass is 16.6. The summed E-state index contributed by atoms with van der Waals surface area (Å²) in [7, 11) is 0. The van der Waals surface area contributed by atoms with Crippen molar-refractivity contribution in [2.45, 2.75) is 258 Å². The van der Waals surface area contributed by atoms with Gasteiger partial charge in [0.1, 0.15) is 6.61 Å². The predicted molar refractivity (Wildman–Crippen MR) is 297 cm³/mol. The van der Waals surface area contributed by atoms with Crippen LogP contribution in [-0.2, 0) is 23.8 Å². The van der Waals surface area contributed by atoms with E-state index in [4.69, 9.17) is 14.2 Å². The number of carbonyl (C=O) groups excluding carboxylic acids is 2. The number of unbranched alkanes of at least 4 members (excludes halogenated alkanes) is 22. The third-order valence-corrected chi connectivity index (χ3v) is 11.8. The van der Waals surface area contributed by atoms with Crippen LogP contribution in [-0.4, -0.2) is 37.9 Å². The van der Waals surface area contributed by atoms with Crippen LogP contribution < -0.4 is 0 Å². The zero-order valence-corrected chi connectivity index (χ0v) is 44.6. The maximum absolute atomic E-state index is 12.9. The van der Waals surface area contributed by atoms with Crippen molar-refractivity contribution in [2.24, 2.45) is 0 Å². The van der Waals surface area contributed by atoms with Crippen molar-refractivity contribution in [3.63, 3.8) is 0 Å². The first kappa shape index (κ1) is 64.6. The third kappa shape index (κ3) is 55.2. The Morgan fingerprint density at radius 2 is 0.676 bits per heavy atom. The van der Waals surface area contributed by atoms with Crippen molar-refractivity contribution in [1.29, 1.82) is 0 Å². The van der Waals surface area contributed by atoms with E-state index in [0.717, 1.165) is 116 Å². The molecule has 0 saturated carbocycles. The lowest BCUT2D eigenvalue weighted by atomic mass is 10.0. The second kappa shape index (κ2) is 57.9. The number of allylic oxidation sites excluding steroid dienone is 18. The fourth-order valence-electron chi connectivity index (χ4n) is 7.66. The molecule has 5 heteroatoms. The van der Waals surface area contributed by atoms with Gasteiger partial charge in [-0.15, -0.1) is 0 Å². The molecule has 0 spiro atoms. The third-order valence-electron chi connectivity index (χ3n) is 11.8. The van der Waals surface area contributed by atoms with E-state index in [2.05, 4.69) is 130 Å². The van der Waals surface area contributed by atoms with E-state index in [0.29, 0.717) is 19.4 Å². The molecule has 0 heterocycles. The molecule has 0 fully saturated rings. The summed E-state index contributed by atoms with van der Waals surface area (Å²) in [6.45, 7) is 7.53. The molecule has 0 aromatic carbocycles. The molecule has 5 nitrogen and oxygen atoms in total. The Kier molecular flexibility index (Phi) is 54.9. The van der Waals surface area contributed by atoms with Gasteiger partial charge in [-0.1, -0.05) is 252 Å². The normalized spacial score (nSPS) is 13.0. The topological polar surface area (TPSA) is 61.8 Å². The number of carbonyl (C=O) groups is 2. The largest absolute Gasteiger partial charge is 0.462 e. The van der Waals surface area contributed by atoms with Crippen molar-refractivity contribution in [2.75, 3.05) is 19.8 Å². The SMILES string of the molecule is CC/C=C\C/C=C\C/C=C\C/C=C\C/C=C\CCCC(=O)OCC(COCCCCCCCCCCCCCCCCCCCC)OC(=O)CCCCCC/C=C\C/C=C\C/C=C\C/C=C\CC. The quantitative estimate of drug-likeness (QED) is 0.0345. The van der Waals surface area contributed by atoms with Gasteiger partial charge in [-0.3, -0.25) is 9.59 Å². The van der Waals surface area contributed by atoms with Crippen LogP contribution in [0.15, 0.2) is 109 Å². The smallest absolute Gasteiger partial charge is 0.306 e. The van der Waals surface area contributed by atoms with E-state index in [1.807, 2.05) is 0 Å². The first-order valence-corrected chi connectivity index (χ1v) is 28.4. The van der Waals surface area contributed by atoms with Gasteiger partial charge in [-0.25, -0.2) is 0 Å². The van der Waals surface area contributed by atoms with Gasteiger partial charge in [-0.05, 0) is 96.3 Å². The molecule has 0 aliphatic heterocycles. The minimum Gasteiger partial charge on any atom is -0.462 e. The molecule has 0 radical (unpaired) electrons. The van der Waals surface area contributed by atoms with Gasteiger partial charge in [0.05, 0.1) is 6.61 Å². The van der Waals surface area contributed by atoms with Gasteiger partial charge in [0.25, 0.3) is 0 Å². The Hall–Kier alpha value is -3.44. The van der Waals surface area contributed by atoms with Crippen LogP contribution in [0.3, 0.4) is 0 Å². The lowest BCUT2D eigenvalue weighted by molar-refractivity contribution is -0.163. The average molecular weight is 944 g/mol. The number of esters is 2. The van der Waals surface area contributed by atoms with Crippen LogP contribution >= 0.6 is 0 Å². The molecule has 0 aromatic rings. The molecule has 0 N–H and O–H groups in total. The Morgan fingerprint density at radius 3 is 1.10 bits per heavy atom. The van der Waals surface area contributed by atoms with Gasteiger partial charge in [0.15, 0.2) is 6.10 Å². The van der Waals surface area contributed by atoms with E-state index in [1.165, 1.54) is 103 Å². The summed E-state index contributed by atoms with van der Waals surface area (Å²) in [5.41, 5.74) is 0. The van der Waals surface area contributed by atoms with Gasteiger partial charge in [0, 0.05) is 19.4 Å². The van der Waals surface area contributed by atoms with E-state index >= 15 is 0 Å². The molecular formula is C63H106O5. The molecule has 68 heavy (non-hydrogen) atoms. The molecule has 1 atom stereocenters. The highest BCUT2D eigenvalue weighted by molar-refractivity contribution is 5.70. The first-order chi connectivity index (χ1) is 33.6. The van der Waals surface area contributed by atoms with Crippen LogP contribution in [0.2, 0.25) is 0 Å². The van der Waals surface area contributed by atoms with Gasteiger partial charge in [-0.2, -0.15) is 0 Å². The molecular weight excluding hydrogens is 837 g/mol. The summed E-state index contributed by atoms with van der Waals surface area (Å²) in [6.07, 6.45) is 79.7. The number of ether oxygens (including phenoxy) is 3. The van der Waals surface area contributed by atoms with E-state index in [1.54, 1.807) is 0 Å². The molecule has 0 saturated heterocycles. The van der Waals surface area contributed by atoms with Crippen LogP contribution in [0.1, 0.15) is 252 Å². The Bertz CT molecular complexity index is 1340. The highest BCUT2D eigenvalue weighted by Gasteiger charge is 2.17. The van der Waals surface area contributed by atoms with E-state index < -0.39 is 6.10 Å². The van der Waals surface area contributed by atoms with Crippen molar-refractivity contribution < 1.29 is 23.8 Å². The average Bonchev–Trinajstić information content (AvgIpc) is 3.34. The maximum atomic E-state index is 12.9. The standard InChI is InChI=1S/C63H106O5/c1-4-7-10-13-16-19-22-25-28-31-34-37-40-43-46-49-52-55-58-66-59-61(68-63(65)57-54-51-48-45-42-39-36-33-30-27-24-21-18-15-12-9-6-3)60-67-62(64)56-53-50-47-44-41-38-35-32-29-26-23-20-17-14-11-8-5-2/h8-9,11-12,17-18,20-21,26-27,29-30,35-36,38-39,44,47,61H,4-7,10,13-16,19,22-25,28,31-34,37,40-43,45-46,48-60H2,1-3H3/b11-8-,12-9-,20-17-,21-18-,29-26-,30-27-,38-35-,39-36-,47-44-. The molecule has 388 valence electrons. The summed E-state index contributed by atoms with van der Waals surface area (Å²) < 4.78 is 17.4. The highest BCUT2D eigenvalue weighted by Crippen LogP contribution is 2.15. The number of rotatable bonds is 51. The van der Waals surface area contributed by atoms with Crippen LogP contribution in [0.5, 0.6) is 0 Å². The summed E-state index contributed by atoms with van der Waals surface area (Å²) in [5.74, 6) is -0.490. The molecule has 0 bridgehead atoms. The Labute approximate surface area is 421 Å². The van der Waals surface area contributed by atoms with Crippen LogP contribution in [0.4, 0.5) is 0 Å². The molecule has 0 amide bonds. The van der Waals surface area contributed by atoms with Gasteiger partial charge in [0.2, 0.25) is 0 Å². The first-order valence-electron chi connectivity index (χ1n) is 28.4. The Balaban J connectivity index is 4.40. The monoisotopic (exact) mass is 943 g/mol. The maximum Gasteiger partial charge on any atom is 0.306 e. The molecule has 0 aromatic heterocycles. The zero-order valence-electron chi connectivity index (χ0n) is 44.6. The molecule has 0 aliphatic carbocycles. The number of hydrogen-bond acceptors (Lipinski definition) is 5. The van der Waals surface area contributed by atoms with Crippen molar-refractivity contribution in [3.8, 4) is 0 Å². The van der Waals surface area contributed by atoms with Gasteiger partial charge >= 0.3 is 11.9 Å². The summed E-state index contributed by atoms with van der Waals surface area (Å²) in [4.78, 5) is 25.5. The second-order valence-corrected chi connectivity index (χ2v) is 18.4. The summed E-state index contributed by atoms with van der Waals surface area (Å²) in [6, 6.07) is 0. The van der Waals surface area contributed by atoms with E-state index in [-0.39, 0.29) is 25.2 Å². The summed E-state index contributed by atoms with van der Waals surface area (Å²) >= 11 is 0. The number of hydrogen-bond donors (Lipinski definition) is 0. The minimum atomic E-state index is -0.578. The van der Waals surface area contributed by atoms with Crippen molar-refractivity contribution >= 4 is 11.9 Å². The minimum absolute atomic E-state index is 0.0419. The summed E-state index contributed by atoms with van der Waals surface area (Å²) in [5, 5.41) is 0. The second-order valence-electron chi connectivity index (χ2n) is 18.4. The van der Waals surface area contributed by atoms with Crippen LogP contribution in [0, 0.1) is 0 Å². The molecule has 0 aliphatic rings. The van der Waals surface area contributed by atoms with Crippen molar-refractivity contribution in [3.05, 3.63) is 109 Å². The van der Waals surface area contributed by atoms with Gasteiger partial charge < -0.3 is 14.2 Å². The predicted octanol–water partition coefficient (Wildman–Crippen LogP) is 19.6. The zero-order chi connectivity index (χ0) is 49.2.